The molecule has 1 aliphatic heterocycles. The van der Waals surface area contributed by atoms with E-state index in [2.05, 4.69) is 15.9 Å². The lowest BCUT2D eigenvalue weighted by Gasteiger charge is -2.32. The Hall–Kier alpha value is -2.54. The Kier molecular flexibility index (Phi) is 5.18. The van der Waals surface area contributed by atoms with Crippen LogP contribution >= 0.6 is 15.9 Å². The Balaban J connectivity index is 2.31. The molecule has 7 heteroatoms. The van der Waals surface area contributed by atoms with Gasteiger partial charge in [-0.2, -0.15) is 0 Å². The number of benzene rings is 2. The molecule has 136 valence electrons. The lowest BCUT2D eigenvalue weighted by atomic mass is 9.78. The fourth-order valence-electron chi connectivity index (χ4n) is 3.15. The quantitative estimate of drug-likeness (QED) is 0.429. The number of halogens is 1. The average Bonchev–Trinajstić information content (AvgIpc) is 2.65. The van der Waals surface area contributed by atoms with Gasteiger partial charge in [0, 0.05) is 28.1 Å². The van der Waals surface area contributed by atoms with Crippen molar-refractivity contribution in [2.45, 2.75) is 5.92 Å². The molecule has 0 fully saturated rings. The summed E-state index contributed by atoms with van der Waals surface area (Å²) < 4.78 is 21.8. The van der Waals surface area contributed by atoms with E-state index in [1.807, 2.05) is 24.3 Å². The predicted octanol–water partition coefficient (Wildman–Crippen LogP) is 3.31. The van der Waals surface area contributed by atoms with Crippen molar-refractivity contribution in [3.05, 3.63) is 52.0 Å². The number of rotatable bonds is 4. The van der Waals surface area contributed by atoms with Crippen LogP contribution in [-0.4, -0.2) is 33.3 Å². The van der Waals surface area contributed by atoms with Crippen molar-refractivity contribution in [1.29, 1.82) is 0 Å². The van der Waals surface area contributed by atoms with Gasteiger partial charge >= 0.3 is 11.9 Å². The standard InChI is InChI=1S/C19H17BrO6/c1-23-10-8-13(24-2)16-14(9-10)26-19(22)17(18(21)25-3)15(16)11-6-4-5-7-12(11)20/h4-9,15,17H,1-3H3. The van der Waals surface area contributed by atoms with Crippen molar-refractivity contribution < 1.29 is 28.5 Å². The second-order valence-electron chi connectivity index (χ2n) is 5.66. The summed E-state index contributed by atoms with van der Waals surface area (Å²) in [5.74, 6) is -1.88. The molecule has 26 heavy (non-hydrogen) atoms. The van der Waals surface area contributed by atoms with E-state index < -0.39 is 23.8 Å². The Bertz CT molecular complexity index is 863. The summed E-state index contributed by atoms with van der Waals surface area (Å²) in [6, 6.07) is 10.7. The first kappa shape index (κ1) is 18.3. The zero-order chi connectivity index (χ0) is 18.8. The monoisotopic (exact) mass is 420 g/mol. The second-order valence-corrected chi connectivity index (χ2v) is 6.52. The van der Waals surface area contributed by atoms with Gasteiger partial charge in [0.1, 0.15) is 17.2 Å². The number of esters is 2. The third kappa shape index (κ3) is 3.03. The van der Waals surface area contributed by atoms with Crippen LogP contribution in [0.25, 0.3) is 0 Å². The number of ether oxygens (including phenoxy) is 4. The highest BCUT2D eigenvalue weighted by Gasteiger charge is 2.46. The molecule has 0 N–H and O–H groups in total. The van der Waals surface area contributed by atoms with Gasteiger partial charge in [0.2, 0.25) is 0 Å². The molecule has 2 aromatic carbocycles. The van der Waals surface area contributed by atoms with Crippen LogP contribution in [-0.2, 0) is 14.3 Å². The zero-order valence-corrected chi connectivity index (χ0v) is 16.0. The molecule has 2 unspecified atom stereocenters. The Labute approximate surface area is 159 Å². The zero-order valence-electron chi connectivity index (χ0n) is 14.4. The van der Waals surface area contributed by atoms with Gasteiger partial charge in [0.25, 0.3) is 0 Å². The first-order chi connectivity index (χ1) is 12.5. The van der Waals surface area contributed by atoms with E-state index in [-0.39, 0.29) is 0 Å². The Morgan fingerprint density at radius 2 is 1.85 bits per heavy atom. The minimum atomic E-state index is -1.14. The maximum absolute atomic E-state index is 12.6. The molecule has 1 heterocycles. The predicted molar refractivity (Wildman–Crippen MR) is 96.7 cm³/mol. The van der Waals surface area contributed by atoms with Crippen molar-refractivity contribution in [2.24, 2.45) is 5.92 Å². The first-order valence-corrected chi connectivity index (χ1v) is 8.61. The molecule has 0 aromatic heterocycles. The largest absolute Gasteiger partial charge is 0.496 e. The summed E-state index contributed by atoms with van der Waals surface area (Å²) in [5.41, 5.74) is 1.35. The van der Waals surface area contributed by atoms with Gasteiger partial charge in [-0.1, -0.05) is 34.1 Å². The second kappa shape index (κ2) is 7.37. The van der Waals surface area contributed by atoms with E-state index in [4.69, 9.17) is 18.9 Å². The number of hydrogen-bond donors (Lipinski definition) is 0. The van der Waals surface area contributed by atoms with E-state index >= 15 is 0 Å². The molecular formula is C19H17BrO6. The van der Waals surface area contributed by atoms with E-state index in [1.165, 1.54) is 21.3 Å². The maximum Gasteiger partial charge on any atom is 0.326 e. The van der Waals surface area contributed by atoms with Crippen LogP contribution in [0.2, 0.25) is 0 Å². The Morgan fingerprint density at radius 3 is 2.46 bits per heavy atom. The number of carbonyl (C=O) groups is 2. The summed E-state index contributed by atoms with van der Waals surface area (Å²) >= 11 is 3.51. The van der Waals surface area contributed by atoms with Crippen LogP contribution in [0.15, 0.2) is 40.9 Å². The van der Waals surface area contributed by atoms with Crippen molar-refractivity contribution in [3.63, 3.8) is 0 Å². The summed E-state index contributed by atoms with van der Waals surface area (Å²) in [5, 5.41) is 0. The van der Waals surface area contributed by atoms with Gasteiger partial charge in [-0.3, -0.25) is 9.59 Å². The van der Waals surface area contributed by atoms with Crippen molar-refractivity contribution in [2.75, 3.05) is 21.3 Å². The van der Waals surface area contributed by atoms with Gasteiger partial charge in [0.15, 0.2) is 5.92 Å². The first-order valence-electron chi connectivity index (χ1n) is 7.81. The van der Waals surface area contributed by atoms with E-state index in [9.17, 15) is 9.59 Å². The SMILES string of the molecule is COC(=O)C1C(=O)Oc2cc(OC)cc(OC)c2C1c1ccccc1Br. The van der Waals surface area contributed by atoms with Gasteiger partial charge in [-0.05, 0) is 11.6 Å². The van der Waals surface area contributed by atoms with Crippen LogP contribution in [0.1, 0.15) is 17.0 Å². The topological polar surface area (TPSA) is 71.1 Å². The minimum Gasteiger partial charge on any atom is -0.496 e. The summed E-state index contributed by atoms with van der Waals surface area (Å²) in [6.45, 7) is 0. The fraction of sp³-hybridized carbons (Fsp3) is 0.263. The molecule has 0 saturated heterocycles. The van der Waals surface area contributed by atoms with Crippen LogP contribution < -0.4 is 14.2 Å². The van der Waals surface area contributed by atoms with Crippen molar-refractivity contribution in [3.8, 4) is 17.2 Å². The molecule has 2 atom stereocenters. The van der Waals surface area contributed by atoms with Crippen LogP contribution in [0.3, 0.4) is 0 Å². The minimum absolute atomic E-state index is 0.298. The lowest BCUT2D eigenvalue weighted by molar-refractivity contribution is -0.157. The summed E-state index contributed by atoms with van der Waals surface area (Å²) in [6.07, 6.45) is 0. The van der Waals surface area contributed by atoms with Crippen molar-refractivity contribution in [1.82, 2.24) is 0 Å². The maximum atomic E-state index is 12.6. The Morgan fingerprint density at radius 1 is 1.12 bits per heavy atom. The van der Waals surface area contributed by atoms with Crippen LogP contribution in [0, 0.1) is 5.92 Å². The highest BCUT2D eigenvalue weighted by atomic mass is 79.9. The molecule has 0 radical (unpaired) electrons. The molecule has 0 aliphatic carbocycles. The molecule has 6 nitrogen and oxygen atoms in total. The lowest BCUT2D eigenvalue weighted by Crippen LogP contribution is -2.38. The third-order valence-corrected chi connectivity index (χ3v) is 5.06. The number of fused-ring (bicyclic) bond motifs is 1. The molecular weight excluding hydrogens is 404 g/mol. The number of carbonyl (C=O) groups excluding carboxylic acids is 2. The normalized spacial score (nSPS) is 18.5. The van der Waals surface area contributed by atoms with E-state index in [0.29, 0.717) is 22.8 Å². The van der Waals surface area contributed by atoms with Crippen molar-refractivity contribution >= 4 is 27.9 Å². The van der Waals surface area contributed by atoms with Gasteiger partial charge in [-0.15, -0.1) is 0 Å². The highest BCUT2D eigenvalue weighted by molar-refractivity contribution is 9.10. The van der Waals surface area contributed by atoms with E-state index in [0.717, 1.165) is 10.0 Å². The van der Waals surface area contributed by atoms with Gasteiger partial charge in [0.05, 0.1) is 21.3 Å². The molecule has 3 rings (SSSR count). The fourth-order valence-corrected chi connectivity index (χ4v) is 3.68. The molecule has 0 saturated carbocycles. The highest BCUT2D eigenvalue weighted by Crippen LogP contribution is 2.50. The van der Waals surface area contributed by atoms with Crippen LogP contribution in [0.5, 0.6) is 17.2 Å². The molecule has 2 aromatic rings. The summed E-state index contributed by atoms with van der Waals surface area (Å²) in [4.78, 5) is 25.0. The number of hydrogen-bond acceptors (Lipinski definition) is 6. The smallest absolute Gasteiger partial charge is 0.326 e. The summed E-state index contributed by atoms with van der Waals surface area (Å²) in [7, 11) is 4.26. The van der Waals surface area contributed by atoms with E-state index in [1.54, 1.807) is 12.1 Å². The van der Waals surface area contributed by atoms with Crippen LogP contribution in [0.4, 0.5) is 0 Å². The average molecular weight is 421 g/mol. The number of methoxy groups -OCH3 is 3. The van der Waals surface area contributed by atoms with Gasteiger partial charge in [-0.25, -0.2) is 0 Å². The molecule has 0 spiro atoms. The third-order valence-electron chi connectivity index (χ3n) is 4.34. The molecule has 1 aliphatic rings. The van der Waals surface area contributed by atoms with Gasteiger partial charge < -0.3 is 18.9 Å². The molecule has 0 bridgehead atoms. The molecule has 0 amide bonds.